The van der Waals surface area contributed by atoms with Gasteiger partial charge in [-0.25, -0.2) is 9.18 Å². The summed E-state index contributed by atoms with van der Waals surface area (Å²) in [5.41, 5.74) is 1.00. The Morgan fingerprint density at radius 3 is 2.83 bits per heavy atom. The van der Waals surface area contributed by atoms with Crippen LogP contribution in [-0.4, -0.2) is 57.4 Å². The Kier molecular flexibility index (Phi) is 4.84. The third-order valence-electron chi connectivity index (χ3n) is 4.16. The fraction of sp³-hybridized carbons (Fsp3) is 0.500. The first-order valence-electron chi connectivity index (χ1n) is 8.02. The molecule has 2 fully saturated rings. The molecule has 0 aromatic heterocycles. The van der Waals surface area contributed by atoms with Gasteiger partial charge in [-0.3, -0.25) is 9.69 Å². The number of rotatable bonds is 4. The van der Waals surface area contributed by atoms with Crippen molar-refractivity contribution in [3.8, 4) is 0 Å². The van der Waals surface area contributed by atoms with Gasteiger partial charge in [-0.15, -0.1) is 0 Å². The third-order valence-corrected chi connectivity index (χ3v) is 4.16. The lowest BCUT2D eigenvalue weighted by Gasteiger charge is -2.29. The van der Waals surface area contributed by atoms with Crippen LogP contribution < -0.4 is 20.4 Å². The van der Waals surface area contributed by atoms with Crippen LogP contribution in [0.4, 0.5) is 20.6 Å². The van der Waals surface area contributed by atoms with Gasteiger partial charge >= 0.3 is 6.09 Å². The average Bonchev–Trinajstić information content (AvgIpc) is 2.94. The van der Waals surface area contributed by atoms with Crippen molar-refractivity contribution in [2.45, 2.75) is 13.0 Å². The third kappa shape index (κ3) is 3.59. The van der Waals surface area contributed by atoms with Crippen LogP contribution in [0.1, 0.15) is 6.92 Å². The number of amides is 2. The van der Waals surface area contributed by atoms with Crippen LogP contribution in [0.5, 0.6) is 0 Å². The molecule has 2 heterocycles. The molecule has 24 heavy (non-hydrogen) atoms. The predicted octanol–water partition coefficient (Wildman–Crippen LogP) is 0.697. The van der Waals surface area contributed by atoms with Gasteiger partial charge in [-0.05, 0) is 18.2 Å². The molecule has 2 aliphatic rings. The first-order chi connectivity index (χ1) is 11.5. The topological polar surface area (TPSA) is 73.9 Å². The molecule has 0 bridgehead atoms. The van der Waals surface area contributed by atoms with Crippen molar-refractivity contribution in [1.82, 2.24) is 10.6 Å². The van der Waals surface area contributed by atoms with Crippen molar-refractivity contribution in [3.63, 3.8) is 0 Å². The summed E-state index contributed by atoms with van der Waals surface area (Å²) in [6, 6.07) is 4.88. The molecule has 1 atom stereocenters. The van der Waals surface area contributed by atoms with Crippen molar-refractivity contribution in [2.24, 2.45) is 0 Å². The lowest BCUT2D eigenvalue weighted by Crippen LogP contribution is -2.43. The minimum absolute atomic E-state index is 0.198. The van der Waals surface area contributed by atoms with Crippen LogP contribution in [0, 0.1) is 5.82 Å². The second-order valence-electron chi connectivity index (χ2n) is 5.93. The summed E-state index contributed by atoms with van der Waals surface area (Å²) in [7, 11) is 0. The van der Waals surface area contributed by atoms with Gasteiger partial charge in [0, 0.05) is 38.8 Å². The minimum Gasteiger partial charge on any atom is -0.442 e. The van der Waals surface area contributed by atoms with E-state index >= 15 is 0 Å². The average molecular weight is 336 g/mol. The van der Waals surface area contributed by atoms with E-state index in [1.54, 1.807) is 6.07 Å². The maximum atomic E-state index is 14.5. The number of carbonyl (C=O) groups is 2. The maximum Gasteiger partial charge on any atom is 0.414 e. The molecule has 8 heteroatoms. The van der Waals surface area contributed by atoms with Crippen molar-refractivity contribution in [3.05, 3.63) is 24.0 Å². The minimum atomic E-state index is -0.598. The highest BCUT2D eigenvalue weighted by Gasteiger charge is 2.34. The van der Waals surface area contributed by atoms with Crippen molar-refractivity contribution in [2.75, 3.05) is 49.1 Å². The molecule has 2 aliphatic heterocycles. The second kappa shape index (κ2) is 7.04. The number of carbonyl (C=O) groups excluding carboxylic acids is 2. The van der Waals surface area contributed by atoms with Crippen molar-refractivity contribution in [1.29, 1.82) is 0 Å². The Bertz CT molecular complexity index is 634. The fourth-order valence-electron chi connectivity index (χ4n) is 2.92. The SMILES string of the molecule is CC(=O)NC[C@H]1CN(c2ccc(N3CCNCC3)cc2F)C(=O)O1. The monoisotopic (exact) mass is 336 g/mol. The van der Waals surface area contributed by atoms with Gasteiger partial charge in [0.1, 0.15) is 11.9 Å². The van der Waals surface area contributed by atoms with E-state index in [0.29, 0.717) is 0 Å². The van der Waals surface area contributed by atoms with Crippen LogP contribution in [0.25, 0.3) is 0 Å². The van der Waals surface area contributed by atoms with Gasteiger partial charge in [0.15, 0.2) is 0 Å². The van der Waals surface area contributed by atoms with E-state index in [0.717, 1.165) is 31.9 Å². The number of benzene rings is 1. The molecule has 0 aliphatic carbocycles. The molecule has 130 valence electrons. The Morgan fingerprint density at radius 2 is 2.17 bits per heavy atom. The number of ether oxygens (including phenoxy) is 1. The molecular weight excluding hydrogens is 315 g/mol. The molecule has 2 amide bonds. The Hall–Kier alpha value is -2.35. The number of hydrogen-bond acceptors (Lipinski definition) is 5. The second-order valence-corrected chi connectivity index (χ2v) is 5.93. The van der Waals surface area contributed by atoms with Gasteiger partial charge in [0.2, 0.25) is 5.91 Å². The first kappa shape index (κ1) is 16.5. The quantitative estimate of drug-likeness (QED) is 0.847. The number of halogens is 1. The van der Waals surface area contributed by atoms with Crippen LogP contribution in [0.15, 0.2) is 18.2 Å². The van der Waals surface area contributed by atoms with Crippen LogP contribution >= 0.6 is 0 Å². The number of hydrogen-bond donors (Lipinski definition) is 2. The summed E-state index contributed by atoms with van der Waals surface area (Å²) in [5, 5.41) is 5.85. The van der Waals surface area contributed by atoms with Gasteiger partial charge in [0.05, 0.1) is 18.8 Å². The molecule has 1 aromatic carbocycles. The Morgan fingerprint density at radius 1 is 1.42 bits per heavy atom. The van der Waals surface area contributed by atoms with E-state index in [1.807, 2.05) is 6.07 Å². The number of cyclic esters (lactones) is 1. The highest BCUT2D eigenvalue weighted by atomic mass is 19.1. The van der Waals surface area contributed by atoms with Crippen molar-refractivity contribution < 1.29 is 18.7 Å². The summed E-state index contributed by atoms with van der Waals surface area (Å²) in [4.78, 5) is 26.3. The number of anilines is 2. The normalized spacial score (nSPS) is 20.9. The largest absolute Gasteiger partial charge is 0.442 e. The zero-order valence-corrected chi connectivity index (χ0v) is 13.5. The molecule has 0 saturated carbocycles. The molecular formula is C16H21FN4O3. The van der Waals surface area contributed by atoms with E-state index in [1.165, 1.54) is 17.9 Å². The van der Waals surface area contributed by atoms with E-state index in [4.69, 9.17) is 4.74 Å². The summed E-state index contributed by atoms with van der Waals surface area (Å²) in [6.45, 7) is 5.20. The summed E-state index contributed by atoms with van der Waals surface area (Å²) >= 11 is 0. The Balaban J connectivity index is 1.70. The Labute approximate surface area is 139 Å². The van der Waals surface area contributed by atoms with Crippen LogP contribution in [0.2, 0.25) is 0 Å². The van der Waals surface area contributed by atoms with Crippen LogP contribution in [-0.2, 0) is 9.53 Å². The van der Waals surface area contributed by atoms with Gasteiger partial charge in [-0.1, -0.05) is 0 Å². The van der Waals surface area contributed by atoms with E-state index < -0.39 is 18.0 Å². The molecule has 3 rings (SSSR count). The zero-order valence-electron chi connectivity index (χ0n) is 13.5. The molecule has 2 N–H and O–H groups in total. The lowest BCUT2D eigenvalue weighted by molar-refractivity contribution is -0.119. The standard InChI is InChI=1S/C16H21FN4O3/c1-11(22)19-9-13-10-21(16(23)24-13)15-3-2-12(8-14(15)17)20-6-4-18-5-7-20/h2-3,8,13,18H,4-7,9-10H2,1H3,(H,19,22)/t13-/m0/s1. The molecule has 7 nitrogen and oxygen atoms in total. The smallest absolute Gasteiger partial charge is 0.414 e. The number of piperazine rings is 1. The molecule has 0 radical (unpaired) electrons. The van der Waals surface area contributed by atoms with Gasteiger partial charge < -0.3 is 20.3 Å². The zero-order chi connectivity index (χ0) is 17.1. The summed E-state index contributed by atoms with van der Waals surface area (Å²) in [5.74, 6) is -0.654. The van der Waals surface area contributed by atoms with Gasteiger partial charge in [-0.2, -0.15) is 0 Å². The van der Waals surface area contributed by atoms with E-state index in [9.17, 15) is 14.0 Å². The highest BCUT2D eigenvalue weighted by Crippen LogP contribution is 2.28. The summed E-state index contributed by atoms with van der Waals surface area (Å²) in [6.07, 6.45) is -1.08. The molecule has 0 spiro atoms. The van der Waals surface area contributed by atoms with E-state index in [2.05, 4.69) is 15.5 Å². The van der Waals surface area contributed by atoms with E-state index in [-0.39, 0.29) is 24.7 Å². The number of nitrogens with one attached hydrogen (secondary N) is 2. The van der Waals surface area contributed by atoms with Crippen molar-refractivity contribution >= 4 is 23.4 Å². The first-order valence-corrected chi connectivity index (χ1v) is 8.02. The van der Waals surface area contributed by atoms with Crippen LogP contribution in [0.3, 0.4) is 0 Å². The van der Waals surface area contributed by atoms with Gasteiger partial charge in [0.25, 0.3) is 0 Å². The molecule has 0 unspecified atom stereocenters. The summed E-state index contributed by atoms with van der Waals surface area (Å²) < 4.78 is 19.7. The number of nitrogens with zero attached hydrogens (tertiary/aromatic N) is 2. The molecule has 2 saturated heterocycles. The maximum absolute atomic E-state index is 14.5. The highest BCUT2D eigenvalue weighted by molar-refractivity contribution is 5.90. The predicted molar refractivity (Wildman–Crippen MR) is 87.8 cm³/mol. The fourth-order valence-corrected chi connectivity index (χ4v) is 2.92. The lowest BCUT2D eigenvalue weighted by atomic mass is 10.2. The molecule has 1 aromatic rings.